The number of para-hydroxylation sites is 2. The second kappa shape index (κ2) is 9.52. The summed E-state index contributed by atoms with van der Waals surface area (Å²) >= 11 is 0. The van der Waals surface area contributed by atoms with Crippen LogP contribution < -0.4 is 10.2 Å². The molecule has 7 heteroatoms. The molecule has 1 aliphatic heterocycles. The summed E-state index contributed by atoms with van der Waals surface area (Å²) in [6, 6.07) is 14.9. The standard InChI is InChI=1S/C22H28N4O3/c1-24(2)16-19-8-4-3-7-18(19)15-23-22(27)17-11-13-25(14-12-17)20-9-5-6-10-21(20)26(28)29/h3-10,17H,11-16H2,1-2H3,(H,23,27). The van der Waals surface area contributed by atoms with Crippen LogP contribution in [0.25, 0.3) is 0 Å². The van der Waals surface area contributed by atoms with Crippen LogP contribution in [0.2, 0.25) is 0 Å². The minimum absolute atomic E-state index is 0.0602. The number of amides is 1. The zero-order valence-electron chi connectivity index (χ0n) is 17.0. The topological polar surface area (TPSA) is 78.7 Å². The lowest BCUT2D eigenvalue weighted by atomic mass is 9.95. The van der Waals surface area contributed by atoms with Gasteiger partial charge in [0.2, 0.25) is 5.91 Å². The van der Waals surface area contributed by atoms with Gasteiger partial charge in [-0.05, 0) is 44.1 Å². The number of rotatable bonds is 7. The molecule has 1 amide bonds. The van der Waals surface area contributed by atoms with Gasteiger partial charge in [0.15, 0.2) is 0 Å². The monoisotopic (exact) mass is 396 g/mol. The smallest absolute Gasteiger partial charge is 0.292 e. The van der Waals surface area contributed by atoms with Gasteiger partial charge in [-0.3, -0.25) is 14.9 Å². The average molecular weight is 396 g/mol. The largest absolute Gasteiger partial charge is 0.366 e. The van der Waals surface area contributed by atoms with Crippen LogP contribution in [-0.2, 0) is 17.9 Å². The molecule has 0 bridgehead atoms. The van der Waals surface area contributed by atoms with Gasteiger partial charge in [0.25, 0.3) is 5.69 Å². The Balaban J connectivity index is 1.56. The highest BCUT2D eigenvalue weighted by Crippen LogP contribution is 2.31. The molecule has 0 atom stereocenters. The maximum Gasteiger partial charge on any atom is 0.292 e. The highest BCUT2D eigenvalue weighted by atomic mass is 16.6. The van der Waals surface area contributed by atoms with Crippen molar-refractivity contribution in [1.82, 2.24) is 10.2 Å². The molecular weight excluding hydrogens is 368 g/mol. The SMILES string of the molecule is CN(C)Cc1ccccc1CNC(=O)C1CCN(c2ccccc2[N+](=O)[O-])CC1. The Kier molecular flexibility index (Phi) is 6.82. The Hall–Kier alpha value is -2.93. The molecule has 0 unspecified atom stereocenters. The van der Waals surface area contributed by atoms with Gasteiger partial charge in [-0.1, -0.05) is 36.4 Å². The van der Waals surface area contributed by atoms with Gasteiger partial charge in [0, 0.05) is 38.2 Å². The molecular formula is C22H28N4O3. The molecule has 1 heterocycles. The molecule has 154 valence electrons. The summed E-state index contributed by atoms with van der Waals surface area (Å²) in [6.07, 6.45) is 1.38. The third-order valence-electron chi connectivity index (χ3n) is 5.34. The number of hydrogen-bond donors (Lipinski definition) is 1. The maximum atomic E-state index is 12.7. The van der Waals surface area contributed by atoms with E-state index in [2.05, 4.69) is 22.3 Å². The Morgan fingerprint density at radius 1 is 1.10 bits per heavy atom. The van der Waals surface area contributed by atoms with E-state index in [1.54, 1.807) is 12.1 Å². The summed E-state index contributed by atoms with van der Waals surface area (Å²) in [5.41, 5.74) is 3.10. The molecule has 1 aliphatic rings. The van der Waals surface area contributed by atoms with E-state index in [0.29, 0.717) is 38.2 Å². The quantitative estimate of drug-likeness (QED) is 0.574. The van der Waals surface area contributed by atoms with Gasteiger partial charge in [0.1, 0.15) is 5.69 Å². The van der Waals surface area contributed by atoms with Crippen molar-refractivity contribution in [3.05, 3.63) is 69.8 Å². The number of hydrogen-bond acceptors (Lipinski definition) is 5. The highest BCUT2D eigenvalue weighted by molar-refractivity contribution is 5.79. The molecule has 3 rings (SSSR count). The van der Waals surface area contributed by atoms with Crippen molar-refractivity contribution in [2.45, 2.75) is 25.9 Å². The number of anilines is 1. The van der Waals surface area contributed by atoms with Crippen molar-refractivity contribution in [1.29, 1.82) is 0 Å². The molecule has 1 N–H and O–H groups in total. The van der Waals surface area contributed by atoms with Gasteiger partial charge in [-0.2, -0.15) is 0 Å². The zero-order valence-corrected chi connectivity index (χ0v) is 17.0. The second-order valence-electron chi connectivity index (χ2n) is 7.73. The van der Waals surface area contributed by atoms with Crippen LogP contribution in [0.4, 0.5) is 11.4 Å². The molecule has 0 aliphatic carbocycles. The minimum atomic E-state index is -0.348. The second-order valence-corrected chi connectivity index (χ2v) is 7.73. The van der Waals surface area contributed by atoms with Crippen LogP contribution in [0.3, 0.4) is 0 Å². The van der Waals surface area contributed by atoms with E-state index in [1.807, 2.05) is 37.2 Å². The van der Waals surface area contributed by atoms with Gasteiger partial charge < -0.3 is 15.1 Å². The summed E-state index contributed by atoms with van der Waals surface area (Å²) in [6.45, 7) is 2.63. The maximum absolute atomic E-state index is 12.7. The number of carbonyl (C=O) groups is 1. The summed E-state index contributed by atoms with van der Waals surface area (Å²) in [5, 5.41) is 14.3. The zero-order chi connectivity index (χ0) is 20.8. The van der Waals surface area contributed by atoms with Gasteiger partial charge in [-0.25, -0.2) is 0 Å². The van der Waals surface area contributed by atoms with Gasteiger partial charge in [-0.15, -0.1) is 0 Å². The van der Waals surface area contributed by atoms with Gasteiger partial charge >= 0.3 is 0 Å². The fourth-order valence-electron chi connectivity index (χ4n) is 3.82. The molecule has 1 saturated heterocycles. The summed E-state index contributed by atoms with van der Waals surface area (Å²) in [5.74, 6) is 0.00176. The number of benzene rings is 2. The van der Waals surface area contributed by atoms with E-state index in [1.165, 1.54) is 11.6 Å². The summed E-state index contributed by atoms with van der Waals surface area (Å²) in [7, 11) is 4.06. The van der Waals surface area contributed by atoms with Crippen molar-refractivity contribution in [3.8, 4) is 0 Å². The molecule has 29 heavy (non-hydrogen) atoms. The van der Waals surface area contributed by atoms with Crippen LogP contribution in [0, 0.1) is 16.0 Å². The molecule has 0 spiro atoms. The molecule has 0 radical (unpaired) electrons. The van der Waals surface area contributed by atoms with E-state index in [9.17, 15) is 14.9 Å². The fourth-order valence-corrected chi connectivity index (χ4v) is 3.82. The normalized spacial score (nSPS) is 14.8. The Labute approximate surface area is 171 Å². The number of piperidine rings is 1. The van der Waals surface area contributed by atoms with Crippen molar-refractivity contribution in [3.63, 3.8) is 0 Å². The van der Waals surface area contributed by atoms with Crippen LogP contribution >= 0.6 is 0 Å². The number of nitrogens with one attached hydrogen (secondary N) is 1. The third-order valence-corrected chi connectivity index (χ3v) is 5.34. The van der Waals surface area contributed by atoms with E-state index in [0.717, 1.165) is 12.1 Å². The molecule has 2 aromatic rings. The molecule has 7 nitrogen and oxygen atoms in total. The third kappa shape index (κ3) is 5.32. The lowest BCUT2D eigenvalue weighted by Crippen LogP contribution is -2.40. The Morgan fingerprint density at radius 3 is 2.38 bits per heavy atom. The van der Waals surface area contributed by atoms with Crippen LogP contribution in [0.1, 0.15) is 24.0 Å². The van der Waals surface area contributed by atoms with Gasteiger partial charge in [0.05, 0.1) is 4.92 Å². The first-order valence-electron chi connectivity index (χ1n) is 9.93. The van der Waals surface area contributed by atoms with E-state index in [-0.39, 0.29) is 22.4 Å². The Morgan fingerprint density at radius 2 is 1.72 bits per heavy atom. The van der Waals surface area contributed by atoms with Crippen LogP contribution in [0.5, 0.6) is 0 Å². The molecule has 1 fully saturated rings. The van der Waals surface area contributed by atoms with E-state index < -0.39 is 0 Å². The number of nitrogens with zero attached hydrogens (tertiary/aromatic N) is 3. The number of nitro benzene ring substituents is 1. The lowest BCUT2D eigenvalue weighted by molar-refractivity contribution is -0.384. The van der Waals surface area contributed by atoms with E-state index >= 15 is 0 Å². The van der Waals surface area contributed by atoms with Crippen molar-refractivity contribution in [2.24, 2.45) is 5.92 Å². The number of nitro groups is 1. The first-order chi connectivity index (χ1) is 14.0. The molecule has 0 aromatic heterocycles. The average Bonchev–Trinajstić information content (AvgIpc) is 2.72. The first-order valence-corrected chi connectivity index (χ1v) is 9.93. The Bertz CT molecular complexity index is 861. The van der Waals surface area contributed by atoms with Crippen molar-refractivity contribution in [2.75, 3.05) is 32.1 Å². The number of carbonyl (C=O) groups excluding carboxylic acids is 1. The summed E-state index contributed by atoms with van der Waals surface area (Å²) < 4.78 is 0. The fraction of sp³-hybridized carbons (Fsp3) is 0.409. The van der Waals surface area contributed by atoms with Crippen LogP contribution in [-0.4, -0.2) is 42.9 Å². The van der Waals surface area contributed by atoms with Crippen molar-refractivity contribution >= 4 is 17.3 Å². The molecule has 0 saturated carbocycles. The first kappa shape index (κ1) is 20.8. The molecule has 2 aromatic carbocycles. The summed E-state index contributed by atoms with van der Waals surface area (Å²) in [4.78, 5) is 27.7. The predicted octanol–water partition coefficient (Wildman–Crippen LogP) is 3.19. The lowest BCUT2D eigenvalue weighted by Gasteiger charge is -2.32. The predicted molar refractivity (Wildman–Crippen MR) is 114 cm³/mol. The van der Waals surface area contributed by atoms with Crippen molar-refractivity contribution < 1.29 is 9.72 Å². The minimum Gasteiger partial charge on any atom is -0.366 e. The highest BCUT2D eigenvalue weighted by Gasteiger charge is 2.28. The van der Waals surface area contributed by atoms with E-state index in [4.69, 9.17) is 0 Å². The van der Waals surface area contributed by atoms with Crippen LogP contribution in [0.15, 0.2) is 48.5 Å².